The summed E-state index contributed by atoms with van der Waals surface area (Å²) in [6.07, 6.45) is 3.36. The summed E-state index contributed by atoms with van der Waals surface area (Å²) in [6.45, 7) is 16.5. The van der Waals surface area contributed by atoms with Gasteiger partial charge in [-0.15, -0.1) is 0 Å². The standard InChI is InChI=1S/C18H21O3P.C13H28O2/c1-4-5-18(19)21-22(20,16-10-6-14(2)7-11-16)17-12-8-15(3)9-13-17;1-11(2)7-8-13(9-14-5,10-15-6)12(3)4/h6-13H,4-5H2,1-3H3;11-12H,7-10H2,1-6H3. The summed E-state index contributed by atoms with van der Waals surface area (Å²) < 4.78 is 29.7. The predicted octanol–water partition coefficient (Wildman–Crippen LogP) is 7.23. The van der Waals surface area contributed by atoms with Gasteiger partial charge < -0.3 is 14.0 Å². The van der Waals surface area contributed by atoms with Crippen LogP contribution in [-0.4, -0.2) is 33.4 Å². The molecule has 0 aliphatic carbocycles. The van der Waals surface area contributed by atoms with E-state index >= 15 is 0 Å². The monoisotopic (exact) mass is 532 g/mol. The predicted molar refractivity (Wildman–Crippen MR) is 155 cm³/mol. The molecule has 208 valence electrons. The average Bonchev–Trinajstić information content (AvgIpc) is 2.84. The third kappa shape index (κ3) is 10.4. The fraction of sp³-hybridized carbons (Fsp3) is 0.581. The molecule has 6 heteroatoms. The van der Waals surface area contributed by atoms with Gasteiger partial charge in [0.05, 0.1) is 23.8 Å². The number of carbonyl (C=O) groups is 1. The Bertz CT molecular complexity index is 909. The summed E-state index contributed by atoms with van der Waals surface area (Å²) in [7, 11) is 0.161. The van der Waals surface area contributed by atoms with Crippen LogP contribution in [0.5, 0.6) is 0 Å². The smallest absolute Gasteiger partial charge is 0.311 e. The second-order valence-electron chi connectivity index (χ2n) is 10.8. The molecule has 0 amide bonds. The number of carbonyl (C=O) groups excluding carboxylic acids is 1. The molecule has 0 unspecified atom stereocenters. The van der Waals surface area contributed by atoms with Gasteiger partial charge in [-0.1, -0.05) is 76.4 Å². The van der Waals surface area contributed by atoms with Gasteiger partial charge in [0.1, 0.15) is 0 Å². The third-order valence-corrected chi connectivity index (χ3v) is 9.16. The molecule has 0 aliphatic rings. The number of hydrogen-bond acceptors (Lipinski definition) is 5. The van der Waals surface area contributed by atoms with Gasteiger partial charge in [0, 0.05) is 26.1 Å². The van der Waals surface area contributed by atoms with Crippen LogP contribution in [0.25, 0.3) is 0 Å². The van der Waals surface area contributed by atoms with Crippen LogP contribution in [0.1, 0.15) is 71.4 Å². The lowest BCUT2D eigenvalue weighted by molar-refractivity contribution is -0.133. The second-order valence-corrected chi connectivity index (χ2v) is 13.1. The Morgan fingerprint density at radius 3 is 1.59 bits per heavy atom. The van der Waals surface area contributed by atoms with Crippen LogP contribution in [0.4, 0.5) is 0 Å². The Hall–Kier alpha value is -1.94. The summed E-state index contributed by atoms with van der Waals surface area (Å²) in [5, 5.41) is 1.10. The van der Waals surface area contributed by atoms with E-state index in [0.29, 0.717) is 22.9 Å². The van der Waals surface area contributed by atoms with Crippen molar-refractivity contribution in [2.24, 2.45) is 17.3 Å². The second kappa shape index (κ2) is 16.1. The maximum Gasteiger partial charge on any atom is 0.311 e. The third-order valence-electron chi connectivity index (χ3n) is 6.74. The molecule has 5 nitrogen and oxygen atoms in total. The Balaban J connectivity index is 0.000000401. The van der Waals surface area contributed by atoms with E-state index in [4.69, 9.17) is 14.0 Å². The highest BCUT2D eigenvalue weighted by Gasteiger charge is 2.34. The Labute approximate surface area is 225 Å². The lowest BCUT2D eigenvalue weighted by Crippen LogP contribution is -2.37. The van der Waals surface area contributed by atoms with Crippen molar-refractivity contribution in [3.63, 3.8) is 0 Å². The van der Waals surface area contributed by atoms with Crippen LogP contribution in [0.3, 0.4) is 0 Å². The molecule has 0 saturated heterocycles. The zero-order chi connectivity index (χ0) is 28.1. The molecule has 0 bridgehead atoms. The van der Waals surface area contributed by atoms with Gasteiger partial charge in [0.15, 0.2) is 0 Å². The number of ether oxygens (including phenoxy) is 2. The summed E-state index contributed by atoms with van der Waals surface area (Å²) in [5.41, 5.74) is 2.33. The van der Waals surface area contributed by atoms with Crippen LogP contribution >= 0.6 is 7.37 Å². The number of methoxy groups -OCH3 is 2. The molecule has 2 aromatic rings. The highest BCUT2D eigenvalue weighted by atomic mass is 31.2. The maximum absolute atomic E-state index is 13.5. The first kappa shape index (κ1) is 33.1. The fourth-order valence-electron chi connectivity index (χ4n) is 4.09. The first-order chi connectivity index (χ1) is 17.4. The van der Waals surface area contributed by atoms with Crippen molar-refractivity contribution in [2.45, 2.75) is 74.1 Å². The van der Waals surface area contributed by atoms with Crippen molar-refractivity contribution in [3.05, 3.63) is 59.7 Å². The number of hydrogen-bond donors (Lipinski definition) is 0. The van der Waals surface area contributed by atoms with Crippen molar-refractivity contribution < 1.29 is 23.4 Å². The Kier molecular flexibility index (Phi) is 14.4. The van der Waals surface area contributed by atoms with Crippen molar-refractivity contribution in [3.8, 4) is 0 Å². The lowest BCUT2D eigenvalue weighted by Gasteiger charge is -2.37. The van der Waals surface area contributed by atoms with Gasteiger partial charge in [-0.3, -0.25) is 9.36 Å². The van der Waals surface area contributed by atoms with E-state index in [9.17, 15) is 9.36 Å². The molecule has 0 N–H and O–H groups in total. The quantitative estimate of drug-likeness (QED) is 0.255. The van der Waals surface area contributed by atoms with Crippen LogP contribution in [0, 0.1) is 31.1 Å². The van der Waals surface area contributed by atoms with Crippen molar-refractivity contribution >= 4 is 23.9 Å². The van der Waals surface area contributed by atoms with Crippen LogP contribution in [0.15, 0.2) is 48.5 Å². The SMILES string of the molecule is CCCC(=O)OP(=O)(c1ccc(C)cc1)c1ccc(C)cc1.COCC(CCC(C)C)(COC)C(C)C. The molecule has 0 aromatic heterocycles. The summed E-state index contributed by atoms with van der Waals surface area (Å²) >= 11 is 0. The van der Waals surface area contributed by atoms with E-state index in [-0.39, 0.29) is 11.8 Å². The van der Waals surface area contributed by atoms with Crippen molar-refractivity contribution in [1.82, 2.24) is 0 Å². The zero-order valence-corrected chi connectivity index (χ0v) is 25.4. The molecule has 0 radical (unpaired) electrons. The lowest BCUT2D eigenvalue weighted by atomic mass is 9.74. The number of benzene rings is 2. The minimum absolute atomic E-state index is 0.188. The molecular weight excluding hydrogens is 483 g/mol. The molecule has 0 saturated carbocycles. The van der Waals surface area contributed by atoms with Crippen molar-refractivity contribution in [2.75, 3.05) is 27.4 Å². The van der Waals surface area contributed by atoms with Crippen LogP contribution < -0.4 is 10.6 Å². The van der Waals surface area contributed by atoms with E-state index in [0.717, 1.165) is 30.3 Å². The molecule has 0 aliphatic heterocycles. The molecule has 0 spiro atoms. The summed E-state index contributed by atoms with van der Waals surface area (Å²) in [5.74, 6) is 0.917. The minimum atomic E-state index is -3.40. The van der Waals surface area contributed by atoms with E-state index in [1.54, 1.807) is 38.5 Å². The molecule has 0 fully saturated rings. The fourth-order valence-corrected chi connectivity index (χ4v) is 6.06. The molecule has 0 atom stereocenters. The zero-order valence-electron chi connectivity index (χ0n) is 24.5. The first-order valence-corrected chi connectivity index (χ1v) is 15.0. The topological polar surface area (TPSA) is 61.8 Å². The van der Waals surface area contributed by atoms with Gasteiger partial charge in [0.2, 0.25) is 0 Å². The molecular formula is C31H49O5P. The van der Waals surface area contributed by atoms with E-state index < -0.39 is 13.3 Å². The molecule has 0 heterocycles. The molecule has 37 heavy (non-hydrogen) atoms. The van der Waals surface area contributed by atoms with Gasteiger partial charge in [0.25, 0.3) is 0 Å². The molecule has 2 aromatic carbocycles. The maximum atomic E-state index is 13.5. The van der Waals surface area contributed by atoms with E-state index in [1.807, 2.05) is 45.0 Å². The average molecular weight is 533 g/mol. The summed E-state index contributed by atoms with van der Waals surface area (Å²) in [4.78, 5) is 11.9. The minimum Gasteiger partial charge on any atom is -0.405 e. The first-order valence-electron chi connectivity index (χ1n) is 13.4. The number of aryl methyl sites for hydroxylation is 2. The van der Waals surface area contributed by atoms with Crippen LogP contribution in [-0.2, 0) is 23.4 Å². The summed E-state index contributed by atoms with van der Waals surface area (Å²) in [6, 6.07) is 14.6. The van der Waals surface area contributed by atoms with Gasteiger partial charge in [-0.2, -0.15) is 0 Å². The van der Waals surface area contributed by atoms with Crippen LogP contribution in [0.2, 0.25) is 0 Å². The largest absolute Gasteiger partial charge is 0.405 e. The highest BCUT2D eigenvalue weighted by molar-refractivity contribution is 7.74. The van der Waals surface area contributed by atoms with Crippen molar-refractivity contribution in [1.29, 1.82) is 0 Å². The highest BCUT2D eigenvalue weighted by Crippen LogP contribution is 2.45. The van der Waals surface area contributed by atoms with Gasteiger partial charge >= 0.3 is 13.3 Å². The van der Waals surface area contributed by atoms with E-state index in [2.05, 4.69) is 27.7 Å². The van der Waals surface area contributed by atoms with Gasteiger partial charge in [-0.05, 0) is 62.8 Å². The Morgan fingerprint density at radius 2 is 1.27 bits per heavy atom. The number of rotatable bonds is 13. The van der Waals surface area contributed by atoms with E-state index in [1.165, 1.54) is 12.8 Å². The molecule has 2 rings (SSSR count). The normalized spacial score (nSPS) is 11.9. The Morgan fingerprint density at radius 1 is 0.838 bits per heavy atom. The van der Waals surface area contributed by atoms with Gasteiger partial charge in [-0.25, -0.2) is 0 Å².